The van der Waals surface area contributed by atoms with Gasteiger partial charge in [-0.1, -0.05) is 253 Å². The lowest BCUT2D eigenvalue weighted by atomic mass is 10.1. The second-order valence-corrected chi connectivity index (χ2v) is 19.1. The Morgan fingerprint density at radius 3 is 0.871 bits per heavy atom. The molecule has 0 N–H and O–H groups in total. The van der Waals surface area contributed by atoms with Crippen LogP contribution in [0.15, 0.2) is 97.2 Å². The molecule has 1 unspecified atom stereocenters. The van der Waals surface area contributed by atoms with Crippen LogP contribution in [0.1, 0.15) is 271 Å². The lowest BCUT2D eigenvalue weighted by Crippen LogP contribution is -2.30. The van der Waals surface area contributed by atoms with Crippen LogP contribution in [0.2, 0.25) is 0 Å². The minimum Gasteiger partial charge on any atom is -0.462 e. The summed E-state index contributed by atoms with van der Waals surface area (Å²) in [5, 5.41) is 0. The highest BCUT2D eigenvalue weighted by molar-refractivity contribution is 5.71. The summed E-state index contributed by atoms with van der Waals surface area (Å²) in [4.78, 5) is 38.1. The molecule has 70 heavy (non-hydrogen) atoms. The van der Waals surface area contributed by atoms with Gasteiger partial charge in [0.2, 0.25) is 0 Å². The summed E-state index contributed by atoms with van der Waals surface area (Å²) < 4.78 is 16.9. The van der Waals surface area contributed by atoms with Gasteiger partial charge in [-0.05, 0) is 96.3 Å². The third-order valence-electron chi connectivity index (χ3n) is 12.3. The maximum atomic E-state index is 12.9. The van der Waals surface area contributed by atoms with E-state index in [0.717, 1.165) is 122 Å². The van der Waals surface area contributed by atoms with E-state index in [1.165, 1.54) is 109 Å². The van der Waals surface area contributed by atoms with Gasteiger partial charge in [0.25, 0.3) is 0 Å². The Kier molecular flexibility index (Phi) is 54.9. The maximum Gasteiger partial charge on any atom is 0.306 e. The lowest BCUT2D eigenvalue weighted by Gasteiger charge is -2.18. The monoisotopic (exact) mass is 973 g/mol. The summed E-state index contributed by atoms with van der Waals surface area (Å²) in [6.07, 6.45) is 76.8. The third-order valence-corrected chi connectivity index (χ3v) is 12.3. The molecule has 6 nitrogen and oxygen atoms in total. The molecule has 0 saturated heterocycles. The number of unbranched alkanes of at least 4 members (excludes halogenated alkanes) is 25. The van der Waals surface area contributed by atoms with Gasteiger partial charge in [0, 0.05) is 19.3 Å². The molecular formula is C64H108O6. The third kappa shape index (κ3) is 55.3. The molecule has 0 spiro atoms. The number of ether oxygens (including phenoxy) is 3. The second-order valence-electron chi connectivity index (χ2n) is 19.1. The molecule has 0 aliphatic rings. The fraction of sp³-hybridized carbons (Fsp3) is 0.703. The summed E-state index contributed by atoms with van der Waals surface area (Å²) in [6.45, 7) is 6.40. The summed E-state index contributed by atoms with van der Waals surface area (Å²) in [7, 11) is 0. The van der Waals surface area contributed by atoms with Crippen LogP contribution in [0.3, 0.4) is 0 Å². The van der Waals surface area contributed by atoms with Gasteiger partial charge in [0.05, 0.1) is 0 Å². The Bertz CT molecular complexity index is 1400. The minimum atomic E-state index is -0.785. The topological polar surface area (TPSA) is 78.9 Å². The molecule has 0 fully saturated rings. The Balaban J connectivity index is 4.33. The molecule has 1 atom stereocenters. The Labute approximate surface area is 432 Å². The van der Waals surface area contributed by atoms with Crippen LogP contribution in [0.25, 0.3) is 0 Å². The largest absolute Gasteiger partial charge is 0.462 e. The quantitative estimate of drug-likeness (QED) is 0.0262. The van der Waals surface area contributed by atoms with Crippen molar-refractivity contribution in [3.8, 4) is 0 Å². The van der Waals surface area contributed by atoms with Crippen LogP contribution < -0.4 is 0 Å². The molecule has 0 rings (SSSR count). The second kappa shape index (κ2) is 57.9. The van der Waals surface area contributed by atoms with Crippen molar-refractivity contribution in [3.63, 3.8) is 0 Å². The van der Waals surface area contributed by atoms with E-state index in [9.17, 15) is 14.4 Å². The highest BCUT2D eigenvalue weighted by atomic mass is 16.6. The molecule has 6 heteroatoms. The summed E-state index contributed by atoms with van der Waals surface area (Å²) in [5.41, 5.74) is 0. The van der Waals surface area contributed by atoms with Gasteiger partial charge in [-0.25, -0.2) is 0 Å². The number of hydrogen-bond acceptors (Lipinski definition) is 6. The zero-order chi connectivity index (χ0) is 50.7. The first-order valence-corrected chi connectivity index (χ1v) is 29.2. The molecule has 0 heterocycles. The van der Waals surface area contributed by atoms with Gasteiger partial charge in [0.15, 0.2) is 6.10 Å². The van der Waals surface area contributed by atoms with Crippen molar-refractivity contribution in [2.24, 2.45) is 0 Å². The molecule has 0 saturated carbocycles. The number of esters is 3. The number of allylic oxidation sites excluding steroid dienone is 16. The normalized spacial score (nSPS) is 12.8. The smallest absolute Gasteiger partial charge is 0.306 e. The average molecular weight is 974 g/mol. The first-order valence-electron chi connectivity index (χ1n) is 29.2. The molecule has 0 aliphatic carbocycles. The van der Waals surface area contributed by atoms with Crippen molar-refractivity contribution in [2.45, 2.75) is 277 Å². The van der Waals surface area contributed by atoms with Crippen LogP contribution in [0.4, 0.5) is 0 Å². The van der Waals surface area contributed by atoms with E-state index in [1.54, 1.807) is 0 Å². The Morgan fingerprint density at radius 1 is 0.300 bits per heavy atom. The van der Waals surface area contributed by atoms with Crippen molar-refractivity contribution in [2.75, 3.05) is 13.2 Å². The van der Waals surface area contributed by atoms with Gasteiger partial charge in [-0.3, -0.25) is 14.4 Å². The minimum absolute atomic E-state index is 0.0820. The maximum absolute atomic E-state index is 12.9. The fourth-order valence-corrected chi connectivity index (χ4v) is 8.01. The molecule has 0 aromatic carbocycles. The number of carbonyl (C=O) groups excluding carboxylic acids is 3. The van der Waals surface area contributed by atoms with Gasteiger partial charge in [-0.2, -0.15) is 0 Å². The van der Waals surface area contributed by atoms with E-state index in [0.29, 0.717) is 19.3 Å². The number of rotatable bonds is 52. The summed E-state index contributed by atoms with van der Waals surface area (Å²) in [5.74, 6) is -0.895. The van der Waals surface area contributed by atoms with Crippen molar-refractivity contribution in [1.82, 2.24) is 0 Å². The van der Waals surface area contributed by atoms with Crippen molar-refractivity contribution < 1.29 is 28.6 Å². The van der Waals surface area contributed by atoms with Gasteiger partial charge in [0.1, 0.15) is 13.2 Å². The molecule has 0 bridgehead atoms. The van der Waals surface area contributed by atoms with Crippen LogP contribution >= 0.6 is 0 Å². The highest BCUT2D eigenvalue weighted by Crippen LogP contribution is 2.15. The highest BCUT2D eigenvalue weighted by Gasteiger charge is 2.19. The van der Waals surface area contributed by atoms with E-state index in [-0.39, 0.29) is 31.1 Å². The molecule has 0 aromatic rings. The SMILES string of the molecule is CC/C=C\C/C=C\C/C=C\C/C=C\CCCCCCCCCCC(=O)OCC(COC(=O)CCCCCCCCCCCC)OC(=O)CCCCCCCCCC/C=C\C/C=C\C/C=C\C/C=C\CC. The molecular weight excluding hydrogens is 865 g/mol. The first kappa shape index (κ1) is 66.3. The zero-order valence-electron chi connectivity index (χ0n) is 45.8. The van der Waals surface area contributed by atoms with Crippen molar-refractivity contribution >= 4 is 17.9 Å². The van der Waals surface area contributed by atoms with Crippen molar-refractivity contribution in [3.05, 3.63) is 97.2 Å². The molecule has 400 valence electrons. The Hall–Kier alpha value is -3.67. The molecule has 0 aromatic heterocycles. The van der Waals surface area contributed by atoms with Crippen LogP contribution in [-0.2, 0) is 28.6 Å². The predicted octanol–water partition coefficient (Wildman–Crippen LogP) is 19.7. The molecule has 0 aliphatic heterocycles. The first-order chi connectivity index (χ1) is 34.5. The summed E-state index contributed by atoms with van der Waals surface area (Å²) in [6, 6.07) is 0. The fourth-order valence-electron chi connectivity index (χ4n) is 8.01. The molecule has 0 radical (unpaired) electrons. The number of hydrogen-bond donors (Lipinski definition) is 0. The summed E-state index contributed by atoms with van der Waals surface area (Å²) >= 11 is 0. The van der Waals surface area contributed by atoms with E-state index in [2.05, 4.69) is 118 Å². The lowest BCUT2D eigenvalue weighted by molar-refractivity contribution is -0.167. The van der Waals surface area contributed by atoms with E-state index >= 15 is 0 Å². The number of carbonyl (C=O) groups is 3. The van der Waals surface area contributed by atoms with E-state index in [1.807, 2.05) is 0 Å². The van der Waals surface area contributed by atoms with Gasteiger partial charge in [-0.15, -0.1) is 0 Å². The van der Waals surface area contributed by atoms with Crippen molar-refractivity contribution in [1.29, 1.82) is 0 Å². The molecule has 0 amide bonds. The van der Waals surface area contributed by atoms with Gasteiger partial charge >= 0.3 is 17.9 Å². The average Bonchev–Trinajstić information content (AvgIpc) is 3.36. The van der Waals surface area contributed by atoms with Crippen LogP contribution in [0.5, 0.6) is 0 Å². The Morgan fingerprint density at radius 2 is 0.557 bits per heavy atom. The van der Waals surface area contributed by atoms with Gasteiger partial charge < -0.3 is 14.2 Å². The predicted molar refractivity (Wildman–Crippen MR) is 302 cm³/mol. The van der Waals surface area contributed by atoms with Crippen LogP contribution in [0, 0.1) is 0 Å². The zero-order valence-corrected chi connectivity index (χ0v) is 45.8. The van der Waals surface area contributed by atoms with E-state index in [4.69, 9.17) is 14.2 Å². The van der Waals surface area contributed by atoms with E-state index < -0.39 is 6.10 Å². The van der Waals surface area contributed by atoms with Crippen LogP contribution in [-0.4, -0.2) is 37.2 Å². The standard InChI is InChI=1S/C64H108O6/c1-4-7-10-13-16-19-22-24-26-28-30-32-34-36-38-40-42-45-48-51-54-57-63(66)69-60-61(59-68-62(65)56-53-50-47-44-21-18-15-12-9-6-3)70-64(67)58-55-52-49-46-43-41-39-37-35-33-31-29-27-25-23-20-17-14-11-8-5-2/h7-8,10-11,16-17,19-20,24-27,30-33,61H,4-6,9,12-15,18,21-23,28-29,34-60H2,1-3H3/b10-7-,11-8-,19-16-,20-17-,26-24-,27-25-,32-30-,33-31-.